The number of aromatic nitrogens is 4. The number of carbonyl (C=O) groups excluding carboxylic acids is 1. The fraction of sp³-hybridized carbons (Fsp3) is 0.714. The summed E-state index contributed by atoms with van der Waals surface area (Å²) < 4.78 is 5.96. The number of methoxy groups -OCH3 is 1. The fourth-order valence-electron chi connectivity index (χ4n) is 0.858. The van der Waals surface area contributed by atoms with Crippen LogP contribution in [0.3, 0.4) is 0 Å². The predicted molar refractivity (Wildman–Crippen MR) is 44.2 cm³/mol. The summed E-state index contributed by atoms with van der Waals surface area (Å²) in [5.41, 5.74) is -0.326. The lowest BCUT2D eigenvalue weighted by atomic mass is 10.1. The Morgan fingerprint density at radius 2 is 2.08 bits per heavy atom. The van der Waals surface area contributed by atoms with Gasteiger partial charge in [-0.15, -0.1) is 5.10 Å². The third kappa shape index (κ3) is 1.82. The van der Waals surface area contributed by atoms with E-state index in [1.54, 1.807) is 0 Å². The van der Waals surface area contributed by atoms with Crippen molar-refractivity contribution in [3.8, 4) is 0 Å². The summed E-state index contributed by atoms with van der Waals surface area (Å²) in [5.74, 6) is -0.407. The van der Waals surface area contributed by atoms with Crippen molar-refractivity contribution < 1.29 is 9.53 Å². The third-order valence-electron chi connectivity index (χ3n) is 1.47. The van der Waals surface area contributed by atoms with E-state index in [9.17, 15) is 4.79 Å². The molecule has 1 aromatic rings. The molecule has 0 aliphatic heterocycles. The van der Waals surface area contributed by atoms with E-state index in [0.29, 0.717) is 0 Å². The molecule has 0 spiro atoms. The van der Waals surface area contributed by atoms with Crippen LogP contribution in [0.4, 0.5) is 0 Å². The van der Waals surface area contributed by atoms with E-state index in [-0.39, 0.29) is 11.4 Å². The van der Waals surface area contributed by atoms with E-state index in [0.717, 1.165) is 0 Å². The summed E-state index contributed by atoms with van der Waals surface area (Å²) >= 11 is 0. The van der Waals surface area contributed by atoms with Crippen molar-refractivity contribution in [3.63, 3.8) is 0 Å². The molecule has 6 heteroatoms. The van der Waals surface area contributed by atoms with Crippen LogP contribution in [0.5, 0.6) is 0 Å². The summed E-state index contributed by atoms with van der Waals surface area (Å²) in [5, 5.41) is 10.7. The molecular weight excluding hydrogens is 172 g/mol. The molecule has 0 bridgehead atoms. The van der Waals surface area contributed by atoms with Gasteiger partial charge in [-0.1, -0.05) is 0 Å². The first-order valence-corrected chi connectivity index (χ1v) is 3.84. The first kappa shape index (κ1) is 9.63. The highest BCUT2D eigenvalue weighted by Crippen LogP contribution is 2.13. The van der Waals surface area contributed by atoms with Crippen LogP contribution in [-0.2, 0) is 10.3 Å². The van der Waals surface area contributed by atoms with E-state index in [1.165, 1.54) is 11.8 Å². The van der Waals surface area contributed by atoms with Crippen molar-refractivity contribution in [3.05, 3.63) is 5.82 Å². The lowest BCUT2D eigenvalue weighted by Crippen LogP contribution is -2.27. The Bertz CT molecular complexity index is 313. The Morgan fingerprint density at radius 1 is 1.46 bits per heavy atom. The van der Waals surface area contributed by atoms with Gasteiger partial charge in [-0.25, -0.2) is 9.48 Å². The van der Waals surface area contributed by atoms with E-state index >= 15 is 0 Å². The van der Waals surface area contributed by atoms with Gasteiger partial charge in [-0.2, -0.15) is 0 Å². The Hall–Kier alpha value is -1.46. The lowest BCUT2D eigenvalue weighted by molar-refractivity contribution is 0.0570. The van der Waals surface area contributed by atoms with Gasteiger partial charge in [0.1, 0.15) is 0 Å². The Labute approximate surface area is 75.9 Å². The van der Waals surface area contributed by atoms with E-state index < -0.39 is 5.97 Å². The van der Waals surface area contributed by atoms with Crippen molar-refractivity contribution in [2.45, 2.75) is 26.3 Å². The van der Waals surface area contributed by atoms with Gasteiger partial charge in [0.15, 0.2) is 0 Å². The average molecular weight is 184 g/mol. The molecule has 0 saturated carbocycles. The van der Waals surface area contributed by atoms with Gasteiger partial charge in [-0.05, 0) is 31.2 Å². The number of ether oxygens (including phenoxy) is 1. The molecule has 0 radical (unpaired) electrons. The Morgan fingerprint density at radius 3 is 2.54 bits per heavy atom. The molecule has 0 aliphatic rings. The van der Waals surface area contributed by atoms with Crippen LogP contribution >= 0.6 is 0 Å². The molecule has 72 valence electrons. The molecule has 0 aromatic carbocycles. The largest absolute Gasteiger partial charge is 0.463 e. The second-order valence-electron chi connectivity index (χ2n) is 3.58. The number of nitrogens with zero attached hydrogens (tertiary/aromatic N) is 4. The van der Waals surface area contributed by atoms with Crippen LogP contribution in [0.25, 0.3) is 0 Å². The maximum Gasteiger partial charge on any atom is 0.377 e. The maximum absolute atomic E-state index is 11.2. The molecule has 0 saturated heterocycles. The Balaban J connectivity index is 3.10. The standard InChI is InChI=1S/C7H12N4O2/c1-7(2,3)11-5(6(12)13-4)8-9-10-11/h1-4H3. The summed E-state index contributed by atoms with van der Waals surface area (Å²) in [6.07, 6.45) is 0. The number of tetrazole rings is 1. The zero-order valence-corrected chi connectivity index (χ0v) is 8.11. The minimum Gasteiger partial charge on any atom is -0.463 e. The highest BCUT2D eigenvalue weighted by Gasteiger charge is 2.24. The molecule has 0 atom stereocenters. The first-order valence-electron chi connectivity index (χ1n) is 3.84. The average Bonchev–Trinajstić information content (AvgIpc) is 2.49. The first-order chi connectivity index (χ1) is 5.96. The van der Waals surface area contributed by atoms with Gasteiger partial charge in [0.2, 0.25) is 0 Å². The van der Waals surface area contributed by atoms with Crippen molar-refractivity contribution in [1.29, 1.82) is 0 Å². The third-order valence-corrected chi connectivity index (χ3v) is 1.47. The van der Waals surface area contributed by atoms with Crippen LogP contribution in [0, 0.1) is 0 Å². The monoisotopic (exact) mass is 184 g/mol. The van der Waals surface area contributed by atoms with Gasteiger partial charge >= 0.3 is 5.97 Å². The van der Waals surface area contributed by atoms with Crippen LogP contribution in [0.2, 0.25) is 0 Å². The van der Waals surface area contributed by atoms with Crippen molar-refractivity contribution in [1.82, 2.24) is 20.2 Å². The topological polar surface area (TPSA) is 69.9 Å². The predicted octanol–water partition coefficient (Wildman–Crippen LogP) is 0.215. The molecule has 0 amide bonds. The molecule has 0 N–H and O–H groups in total. The highest BCUT2D eigenvalue weighted by molar-refractivity contribution is 5.85. The van der Waals surface area contributed by atoms with Crippen LogP contribution < -0.4 is 0 Å². The second-order valence-corrected chi connectivity index (χ2v) is 3.58. The number of esters is 1. The zero-order chi connectivity index (χ0) is 10.1. The van der Waals surface area contributed by atoms with E-state index in [4.69, 9.17) is 0 Å². The van der Waals surface area contributed by atoms with Crippen LogP contribution in [0.1, 0.15) is 31.4 Å². The van der Waals surface area contributed by atoms with Gasteiger partial charge in [0.25, 0.3) is 5.82 Å². The molecule has 1 aromatic heterocycles. The number of carbonyl (C=O) groups is 1. The molecule has 1 heterocycles. The van der Waals surface area contributed by atoms with Crippen molar-refractivity contribution in [2.24, 2.45) is 0 Å². The highest BCUT2D eigenvalue weighted by atomic mass is 16.5. The van der Waals surface area contributed by atoms with Gasteiger partial charge in [0, 0.05) is 0 Å². The number of hydrogen-bond donors (Lipinski definition) is 0. The molecular formula is C7H12N4O2. The second kappa shape index (κ2) is 3.12. The zero-order valence-electron chi connectivity index (χ0n) is 8.11. The van der Waals surface area contributed by atoms with Crippen molar-refractivity contribution >= 4 is 5.97 Å². The van der Waals surface area contributed by atoms with E-state index in [1.807, 2.05) is 20.8 Å². The SMILES string of the molecule is COC(=O)c1nnnn1C(C)(C)C. The van der Waals surface area contributed by atoms with Gasteiger partial charge < -0.3 is 4.74 Å². The molecule has 0 unspecified atom stereocenters. The molecule has 6 nitrogen and oxygen atoms in total. The molecule has 1 rings (SSSR count). The lowest BCUT2D eigenvalue weighted by Gasteiger charge is -2.18. The summed E-state index contributed by atoms with van der Waals surface area (Å²) in [7, 11) is 1.30. The van der Waals surface area contributed by atoms with Crippen LogP contribution in [0.15, 0.2) is 0 Å². The van der Waals surface area contributed by atoms with Gasteiger partial charge in [0.05, 0.1) is 12.6 Å². The van der Waals surface area contributed by atoms with Gasteiger partial charge in [-0.3, -0.25) is 0 Å². The summed E-state index contributed by atoms with van der Waals surface area (Å²) in [6, 6.07) is 0. The number of hydrogen-bond acceptors (Lipinski definition) is 5. The molecule has 13 heavy (non-hydrogen) atoms. The normalized spacial score (nSPS) is 11.4. The smallest absolute Gasteiger partial charge is 0.377 e. The number of rotatable bonds is 1. The minimum atomic E-state index is -0.528. The summed E-state index contributed by atoms with van der Waals surface area (Å²) in [4.78, 5) is 11.2. The molecule has 0 fully saturated rings. The molecule has 0 aliphatic carbocycles. The van der Waals surface area contributed by atoms with Crippen molar-refractivity contribution in [2.75, 3.05) is 7.11 Å². The Kier molecular flexibility index (Phi) is 2.31. The summed E-state index contributed by atoms with van der Waals surface area (Å²) in [6.45, 7) is 5.70. The maximum atomic E-state index is 11.2. The quantitative estimate of drug-likeness (QED) is 0.584. The minimum absolute atomic E-state index is 0.120. The van der Waals surface area contributed by atoms with Crippen LogP contribution in [-0.4, -0.2) is 33.3 Å². The van der Waals surface area contributed by atoms with E-state index in [2.05, 4.69) is 20.3 Å². The fourth-order valence-corrected chi connectivity index (χ4v) is 0.858.